The van der Waals surface area contributed by atoms with Gasteiger partial charge in [0.05, 0.1) is 28.5 Å². The third-order valence-corrected chi connectivity index (χ3v) is 7.86. The average molecular weight is 540 g/mol. The topological polar surface area (TPSA) is 92.9 Å². The van der Waals surface area contributed by atoms with E-state index >= 15 is 0 Å². The minimum Gasteiger partial charge on any atom is -0.381 e. The lowest BCUT2D eigenvalue weighted by Crippen LogP contribution is -2.34. The molecule has 1 aliphatic heterocycles. The van der Waals surface area contributed by atoms with Crippen LogP contribution in [0, 0.1) is 21.8 Å². The summed E-state index contributed by atoms with van der Waals surface area (Å²) in [5.41, 5.74) is 5.40. The fourth-order valence-electron chi connectivity index (χ4n) is 5.83. The van der Waals surface area contributed by atoms with Crippen molar-refractivity contribution >= 4 is 28.6 Å². The number of aromatic nitrogens is 1. The lowest BCUT2D eigenvalue weighted by Gasteiger charge is -2.40. The van der Waals surface area contributed by atoms with Crippen LogP contribution in [0.25, 0.3) is 0 Å². The number of ether oxygens (including phenoxy) is 1. The zero-order valence-electron chi connectivity index (χ0n) is 22.2. The Hall–Kier alpha value is -4.37. The van der Waals surface area contributed by atoms with E-state index in [0.717, 1.165) is 60.5 Å². The van der Waals surface area contributed by atoms with Crippen LogP contribution >= 0.6 is 0 Å². The van der Waals surface area contributed by atoms with Crippen molar-refractivity contribution < 1.29 is 14.1 Å². The first kappa shape index (κ1) is 25.9. The van der Waals surface area contributed by atoms with E-state index in [1.165, 1.54) is 24.4 Å². The highest BCUT2D eigenvalue weighted by molar-refractivity contribution is 6.12. The normalized spacial score (nSPS) is 23.1. The molecule has 2 aromatic carbocycles. The Bertz CT molecular complexity index is 1510. The van der Waals surface area contributed by atoms with E-state index in [4.69, 9.17) is 9.73 Å². The predicted octanol–water partition coefficient (Wildman–Crippen LogP) is 6.73. The first-order valence-corrected chi connectivity index (χ1v) is 13.5. The molecule has 0 amide bonds. The number of allylic oxidation sites excluding steroid dienone is 2. The Kier molecular flexibility index (Phi) is 7.13. The van der Waals surface area contributed by atoms with Gasteiger partial charge in [-0.1, -0.05) is 18.2 Å². The van der Waals surface area contributed by atoms with Crippen molar-refractivity contribution in [2.24, 2.45) is 10.9 Å². The van der Waals surface area contributed by atoms with Crippen LogP contribution in [0.4, 0.5) is 27.3 Å². The SMILES string of the molecule is COC1CCC(N=C2C=C3C(C=C2Nc2ncccc2[N+](=O)[O-])Cc2ccccc2N3c2ccc(F)cc2)CC1. The fourth-order valence-corrected chi connectivity index (χ4v) is 5.83. The van der Waals surface area contributed by atoms with E-state index in [2.05, 4.69) is 39.5 Å². The Morgan fingerprint density at radius 1 is 1.07 bits per heavy atom. The van der Waals surface area contributed by atoms with Gasteiger partial charge in [0.25, 0.3) is 0 Å². The molecule has 40 heavy (non-hydrogen) atoms. The van der Waals surface area contributed by atoms with Crippen molar-refractivity contribution in [1.29, 1.82) is 0 Å². The highest BCUT2D eigenvalue weighted by atomic mass is 19.1. The maximum atomic E-state index is 13.9. The molecule has 0 bridgehead atoms. The molecule has 1 aromatic heterocycles. The lowest BCUT2D eigenvalue weighted by molar-refractivity contribution is -0.384. The van der Waals surface area contributed by atoms with Crippen molar-refractivity contribution in [3.05, 3.63) is 112 Å². The van der Waals surface area contributed by atoms with E-state index in [-0.39, 0.29) is 35.4 Å². The molecule has 0 spiro atoms. The number of fused-ring (bicyclic) bond motifs is 2. The minimum atomic E-state index is -0.435. The molecular formula is C31H30FN5O3. The van der Waals surface area contributed by atoms with Gasteiger partial charge < -0.3 is 15.0 Å². The molecule has 2 heterocycles. The van der Waals surface area contributed by atoms with Crippen molar-refractivity contribution in [2.45, 2.75) is 44.2 Å². The van der Waals surface area contributed by atoms with Crippen LogP contribution < -0.4 is 10.2 Å². The summed E-state index contributed by atoms with van der Waals surface area (Å²) in [7, 11) is 1.75. The molecule has 9 heteroatoms. The molecule has 1 atom stereocenters. The Balaban J connectivity index is 1.44. The Morgan fingerprint density at radius 3 is 2.60 bits per heavy atom. The maximum absolute atomic E-state index is 13.9. The summed E-state index contributed by atoms with van der Waals surface area (Å²) < 4.78 is 19.4. The van der Waals surface area contributed by atoms with Crippen LogP contribution in [0.5, 0.6) is 0 Å². The number of hydrogen-bond acceptors (Lipinski definition) is 7. The van der Waals surface area contributed by atoms with Gasteiger partial charge in [0, 0.05) is 42.4 Å². The monoisotopic (exact) mass is 539 g/mol. The lowest BCUT2D eigenvalue weighted by atomic mass is 9.84. The van der Waals surface area contributed by atoms with Crippen LogP contribution in [0.15, 0.2) is 95.4 Å². The van der Waals surface area contributed by atoms with Crippen molar-refractivity contribution in [3.63, 3.8) is 0 Å². The van der Waals surface area contributed by atoms with Gasteiger partial charge in [0.1, 0.15) is 5.82 Å². The first-order chi connectivity index (χ1) is 19.5. The molecule has 0 saturated heterocycles. The van der Waals surface area contributed by atoms with Gasteiger partial charge in [-0.15, -0.1) is 0 Å². The molecule has 0 radical (unpaired) electrons. The summed E-state index contributed by atoms with van der Waals surface area (Å²) in [6.45, 7) is 0. The van der Waals surface area contributed by atoms with E-state index in [1.54, 1.807) is 25.3 Å². The van der Waals surface area contributed by atoms with E-state index in [0.29, 0.717) is 5.70 Å². The molecular weight excluding hydrogens is 509 g/mol. The molecule has 204 valence electrons. The van der Waals surface area contributed by atoms with E-state index in [1.807, 2.05) is 12.1 Å². The van der Waals surface area contributed by atoms with Gasteiger partial charge in [0.15, 0.2) is 0 Å². The second kappa shape index (κ2) is 11.0. The first-order valence-electron chi connectivity index (χ1n) is 13.5. The highest BCUT2D eigenvalue weighted by Gasteiger charge is 2.34. The van der Waals surface area contributed by atoms with Crippen LogP contribution in [-0.2, 0) is 11.2 Å². The standard InChI is InChI=1S/C31H30FN5O3/c1-40-25-14-10-23(11-15-25)34-27-19-30-21(18-26(27)35-31-29(37(38)39)7-4-16-33-31)17-20-5-2-3-6-28(20)36(30)24-12-8-22(32)9-13-24/h2-9,12-13,16,18-19,21,23,25H,10-11,14-15,17H2,1H3,(H,33,35). The van der Waals surface area contributed by atoms with Gasteiger partial charge in [-0.2, -0.15) is 0 Å². The molecule has 1 N–H and O–H groups in total. The quantitative estimate of drug-likeness (QED) is 0.276. The maximum Gasteiger partial charge on any atom is 0.311 e. The highest BCUT2D eigenvalue weighted by Crippen LogP contribution is 2.44. The fraction of sp³-hybridized carbons (Fsp3) is 0.290. The van der Waals surface area contributed by atoms with E-state index < -0.39 is 4.92 Å². The number of nitro groups is 1. The molecule has 3 aliphatic rings. The van der Waals surface area contributed by atoms with Crippen LogP contribution in [0.2, 0.25) is 0 Å². The number of hydrogen-bond donors (Lipinski definition) is 1. The summed E-state index contributed by atoms with van der Waals surface area (Å²) in [6.07, 6.45) is 10.4. The zero-order valence-corrected chi connectivity index (χ0v) is 22.2. The summed E-state index contributed by atoms with van der Waals surface area (Å²) in [5.74, 6) is -0.146. The summed E-state index contributed by atoms with van der Waals surface area (Å²) in [4.78, 5) is 22.9. The Morgan fingerprint density at radius 2 is 1.85 bits per heavy atom. The van der Waals surface area contributed by atoms with E-state index in [9.17, 15) is 14.5 Å². The zero-order chi connectivity index (χ0) is 27.6. The molecule has 8 nitrogen and oxygen atoms in total. The van der Waals surface area contributed by atoms with Crippen molar-refractivity contribution in [3.8, 4) is 0 Å². The third-order valence-electron chi connectivity index (χ3n) is 7.86. The number of para-hydroxylation sites is 1. The molecule has 3 aromatic rings. The number of methoxy groups -OCH3 is 1. The van der Waals surface area contributed by atoms with Crippen LogP contribution in [0.1, 0.15) is 31.2 Å². The minimum absolute atomic E-state index is 0.0339. The number of nitrogens with one attached hydrogen (secondary N) is 1. The van der Waals surface area contributed by atoms with Crippen molar-refractivity contribution in [2.75, 3.05) is 17.3 Å². The second-order valence-corrected chi connectivity index (χ2v) is 10.3. The molecule has 1 saturated carbocycles. The number of rotatable bonds is 6. The number of aliphatic imine (C=N–C) groups is 1. The third kappa shape index (κ3) is 5.12. The summed E-state index contributed by atoms with van der Waals surface area (Å²) in [5, 5.41) is 15.0. The largest absolute Gasteiger partial charge is 0.381 e. The summed E-state index contributed by atoms with van der Waals surface area (Å²) >= 11 is 0. The second-order valence-electron chi connectivity index (χ2n) is 10.3. The summed E-state index contributed by atoms with van der Waals surface area (Å²) in [6, 6.07) is 17.8. The van der Waals surface area contributed by atoms with Gasteiger partial charge >= 0.3 is 5.69 Å². The average Bonchev–Trinajstić information content (AvgIpc) is 2.97. The molecule has 1 fully saturated rings. The molecule has 1 unspecified atom stereocenters. The predicted molar refractivity (Wildman–Crippen MR) is 153 cm³/mol. The molecule has 6 rings (SSSR count). The number of nitrogens with zero attached hydrogens (tertiary/aromatic N) is 4. The number of anilines is 3. The van der Waals surface area contributed by atoms with Gasteiger partial charge in [-0.3, -0.25) is 15.1 Å². The van der Waals surface area contributed by atoms with Crippen LogP contribution in [0.3, 0.4) is 0 Å². The van der Waals surface area contributed by atoms with Gasteiger partial charge in [-0.25, -0.2) is 9.37 Å². The van der Waals surface area contributed by atoms with Gasteiger partial charge in [0.2, 0.25) is 5.82 Å². The Labute approximate surface area is 232 Å². The smallest absolute Gasteiger partial charge is 0.311 e. The van der Waals surface area contributed by atoms with Crippen molar-refractivity contribution in [1.82, 2.24) is 4.98 Å². The van der Waals surface area contributed by atoms with Gasteiger partial charge in [-0.05, 0) is 86.2 Å². The van der Waals surface area contributed by atoms with Crippen LogP contribution in [-0.4, -0.2) is 34.9 Å². The number of halogens is 1. The molecule has 2 aliphatic carbocycles. The number of benzene rings is 2. The number of pyridine rings is 1.